The first kappa shape index (κ1) is 14.5. The largest absolute Gasteiger partial charge is 0.315 e. The van der Waals surface area contributed by atoms with E-state index >= 15 is 0 Å². The molecule has 0 spiro atoms. The van der Waals surface area contributed by atoms with E-state index in [2.05, 4.69) is 59.8 Å². The minimum atomic E-state index is 0.0749. The van der Waals surface area contributed by atoms with Crippen molar-refractivity contribution in [1.29, 1.82) is 0 Å². The Kier molecular flexibility index (Phi) is 4.00. The Bertz CT molecular complexity index is 601. The van der Waals surface area contributed by atoms with Crippen LogP contribution < -0.4 is 5.32 Å². The van der Waals surface area contributed by atoms with E-state index in [0.29, 0.717) is 0 Å². The lowest BCUT2D eigenvalue weighted by molar-refractivity contribution is 0.277. The van der Waals surface area contributed by atoms with Crippen LogP contribution in [0.2, 0.25) is 0 Å². The maximum Gasteiger partial charge on any atom is 0.137 e. The second-order valence-corrected chi connectivity index (χ2v) is 6.97. The molecule has 1 saturated heterocycles. The summed E-state index contributed by atoms with van der Waals surface area (Å²) in [6.45, 7) is 12.2. The number of fused-ring (bicyclic) bond motifs is 1. The van der Waals surface area contributed by atoms with Crippen LogP contribution in [0.25, 0.3) is 5.65 Å². The quantitative estimate of drug-likeness (QED) is 0.920. The summed E-state index contributed by atoms with van der Waals surface area (Å²) in [5, 5.41) is 3.47. The Morgan fingerprint density at radius 1 is 1.19 bits per heavy atom. The van der Waals surface area contributed by atoms with Crippen molar-refractivity contribution in [2.75, 3.05) is 26.2 Å². The molecule has 114 valence electrons. The van der Waals surface area contributed by atoms with Gasteiger partial charge in [-0.2, -0.15) is 0 Å². The fourth-order valence-electron chi connectivity index (χ4n) is 3.07. The highest BCUT2D eigenvalue weighted by atomic mass is 15.2. The van der Waals surface area contributed by atoms with Crippen molar-refractivity contribution in [3.63, 3.8) is 0 Å². The van der Waals surface area contributed by atoms with Gasteiger partial charge in [-0.1, -0.05) is 26.8 Å². The van der Waals surface area contributed by atoms with Gasteiger partial charge in [-0.15, -0.1) is 0 Å². The van der Waals surface area contributed by atoms with Crippen LogP contribution in [0.4, 0.5) is 0 Å². The second-order valence-electron chi connectivity index (χ2n) is 6.97. The number of hydrogen-bond acceptors (Lipinski definition) is 3. The number of nitrogens with zero attached hydrogens (tertiary/aromatic N) is 3. The normalized spacial score (nSPS) is 18.0. The minimum Gasteiger partial charge on any atom is -0.315 e. The molecule has 4 nitrogen and oxygen atoms in total. The lowest BCUT2D eigenvalue weighted by Crippen LogP contribution is -2.29. The zero-order valence-electron chi connectivity index (χ0n) is 13.4. The van der Waals surface area contributed by atoms with Gasteiger partial charge in [-0.05, 0) is 31.6 Å². The Labute approximate surface area is 127 Å². The van der Waals surface area contributed by atoms with Crippen LogP contribution >= 0.6 is 0 Å². The first-order chi connectivity index (χ1) is 10.1. The van der Waals surface area contributed by atoms with Gasteiger partial charge in [0.2, 0.25) is 0 Å². The Morgan fingerprint density at radius 3 is 2.86 bits per heavy atom. The average Bonchev–Trinajstić information content (AvgIpc) is 2.63. The van der Waals surface area contributed by atoms with Gasteiger partial charge in [0.05, 0.1) is 11.4 Å². The van der Waals surface area contributed by atoms with E-state index in [-0.39, 0.29) is 5.41 Å². The number of rotatable bonds is 2. The monoisotopic (exact) mass is 286 g/mol. The van der Waals surface area contributed by atoms with E-state index in [9.17, 15) is 0 Å². The molecule has 21 heavy (non-hydrogen) atoms. The molecule has 2 aromatic rings. The summed E-state index contributed by atoms with van der Waals surface area (Å²) in [6, 6.07) is 6.26. The number of nitrogens with one attached hydrogen (secondary N) is 1. The molecule has 0 amide bonds. The molecule has 3 heterocycles. The van der Waals surface area contributed by atoms with Gasteiger partial charge in [0.15, 0.2) is 0 Å². The van der Waals surface area contributed by atoms with Crippen molar-refractivity contribution in [1.82, 2.24) is 19.6 Å². The van der Waals surface area contributed by atoms with Crippen LogP contribution in [0.3, 0.4) is 0 Å². The Hall–Kier alpha value is -1.39. The van der Waals surface area contributed by atoms with Crippen LogP contribution in [0.5, 0.6) is 0 Å². The zero-order chi connectivity index (χ0) is 14.9. The van der Waals surface area contributed by atoms with Crippen LogP contribution in [-0.4, -0.2) is 40.5 Å². The van der Waals surface area contributed by atoms with Crippen molar-refractivity contribution in [3.05, 3.63) is 35.8 Å². The molecule has 0 bridgehead atoms. The molecule has 1 fully saturated rings. The first-order valence-corrected chi connectivity index (χ1v) is 7.95. The smallest absolute Gasteiger partial charge is 0.137 e. The van der Waals surface area contributed by atoms with E-state index in [4.69, 9.17) is 4.98 Å². The summed E-state index contributed by atoms with van der Waals surface area (Å²) < 4.78 is 2.26. The first-order valence-electron chi connectivity index (χ1n) is 7.95. The molecule has 1 aliphatic heterocycles. The van der Waals surface area contributed by atoms with E-state index in [1.807, 2.05) is 0 Å². The second kappa shape index (κ2) is 5.78. The highest BCUT2D eigenvalue weighted by Gasteiger charge is 2.25. The number of hydrogen-bond donors (Lipinski definition) is 1. The highest BCUT2D eigenvalue weighted by molar-refractivity contribution is 5.44. The van der Waals surface area contributed by atoms with Gasteiger partial charge >= 0.3 is 0 Å². The molecule has 0 unspecified atom stereocenters. The summed E-state index contributed by atoms with van der Waals surface area (Å²) in [4.78, 5) is 7.44. The predicted octanol–water partition coefficient (Wildman–Crippen LogP) is 2.43. The average molecular weight is 286 g/mol. The van der Waals surface area contributed by atoms with Crippen LogP contribution in [0.1, 0.15) is 38.6 Å². The van der Waals surface area contributed by atoms with Gasteiger partial charge in [0, 0.05) is 31.2 Å². The number of pyridine rings is 1. The standard InChI is InChI=1S/C17H26N4/c1-17(2,3)16-14(13-20-10-6-8-18-9-12-20)21-11-5-4-7-15(21)19-16/h4-5,7,11,18H,6,8-10,12-13H2,1-3H3. The third-order valence-corrected chi connectivity index (χ3v) is 4.15. The van der Waals surface area contributed by atoms with Gasteiger partial charge in [0.25, 0.3) is 0 Å². The van der Waals surface area contributed by atoms with Gasteiger partial charge < -0.3 is 9.72 Å². The fourth-order valence-corrected chi connectivity index (χ4v) is 3.07. The maximum absolute atomic E-state index is 4.89. The molecule has 1 N–H and O–H groups in total. The third-order valence-electron chi connectivity index (χ3n) is 4.15. The lowest BCUT2D eigenvalue weighted by atomic mass is 9.90. The summed E-state index contributed by atoms with van der Waals surface area (Å²) in [5.74, 6) is 0. The Balaban J connectivity index is 1.98. The summed E-state index contributed by atoms with van der Waals surface area (Å²) in [7, 11) is 0. The zero-order valence-corrected chi connectivity index (χ0v) is 13.4. The van der Waals surface area contributed by atoms with E-state index in [1.165, 1.54) is 17.8 Å². The summed E-state index contributed by atoms with van der Waals surface area (Å²) in [5.41, 5.74) is 3.71. The topological polar surface area (TPSA) is 32.6 Å². The third kappa shape index (κ3) is 3.11. The predicted molar refractivity (Wildman–Crippen MR) is 86.7 cm³/mol. The molecule has 4 heteroatoms. The molecule has 2 aromatic heterocycles. The molecule has 0 aromatic carbocycles. The molecule has 0 atom stereocenters. The number of imidazole rings is 1. The molecule has 0 saturated carbocycles. The highest BCUT2D eigenvalue weighted by Crippen LogP contribution is 2.27. The minimum absolute atomic E-state index is 0.0749. The van der Waals surface area contributed by atoms with Crippen molar-refractivity contribution in [2.24, 2.45) is 0 Å². The van der Waals surface area contributed by atoms with Crippen LogP contribution in [0.15, 0.2) is 24.4 Å². The van der Waals surface area contributed by atoms with Crippen molar-refractivity contribution in [2.45, 2.75) is 39.2 Å². The van der Waals surface area contributed by atoms with E-state index < -0.39 is 0 Å². The number of aromatic nitrogens is 2. The molecular formula is C17H26N4. The molecule has 0 radical (unpaired) electrons. The van der Waals surface area contributed by atoms with Crippen LogP contribution in [-0.2, 0) is 12.0 Å². The maximum atomic E-state index is 4.89. The summed E-state index contributed by atoms with van der Waals surface area (Å²) >= 11 is 0. The van der Waals surface area contributed by atoms with Crippen molar-refractivity contribution >= 4 is 5.65 Å². The summed E-state index contributed by atoms with van der Waals surface area (Å²) in [6.07, 6.45) is 3.37. The van der Waals surface area contributed by atoms with Gasteiger partial charge in [-0.25, -0.2) is 4.98 Å². The molecule has 3 rings (SSSR count). The van der Waals surface area contributed by atoms with Crippen molar-refractivity contribution < 1.29 is 0 Å². The van der Waals surface area contributed by atoms with E-state index in [0.717, 1.165) is 38.4 Å². The van der Waals surface area contributed by atoms with Crippen molar-refractivity contribution in [3.8, 4) is 0 Å². The Morgan fingerprint density at radius 2 is 2.05 bits per heavy atom. The van der Waals surface area contributed by atoms with E-state index in [1.54, 1.807) is 0 Å². The molecular weight excluding hydrogens is 260 g/mol. The van der Waals surface area contributed by atoms with Crippen LogP contribution in [0, 0.1) is 0 Å². The SMILES string of the molecule is CC(C)(C)c1nc2ccccn2c1CN1CCCNCC1. The lowest BCUT2D eigenvalue weighted by Gasteiger charge is -2.23. The molecule has 0 aliphatic carbocycles. The fraction of sp³-hybridized carbons (Fsp3) is 0.588. The molecule has 1 aliphatic rings. The van der Waals surface area contributed by atoms with Gasteiger partial charge in [0.1, 0.15) is 5.65 Å². The van der Waals surface area contributed by atoms with Gasteiger partial charge in [-0.3, -0.25) is 4.90 Å².